The van der Waals surface area contributed by atoms with Gasteiger partial charge in [0, 0.05) is 0 Å². The van der Waals surface area contributed by atoms with Crippen LogP contribution in [0, 0.1) is 0 Å². The number of nitrogens with one attached hydrogen (secondary N) is 1. The predicted molar refractivity (Wildman–Crippen MR) is 75.0 cm³/mol. The number of benzene rings is 2. The molecule has 19 heavy (non-hydrogen) atoms. The number of hydrogen-bond donors (Lipinski definition) is 2. The van der Waals surface area contributed by atoms with Crippen LogP contribution in [0.15, 0.2) is 54.6 Å². The van der Waals surface area contributed by atoms with E-state index < -0.39 is 6.04 Å². The Morgan fingerprint density at radius 3 is 2.53 bits per heavy atom. The van der Waals surface area contributed by atoms with Crippen molar-refractivity contribution in [3.63, 3.8) is 0 Å². The second-order valence-electron chi connectivity index (χ2n) is 4.46. The van der Waals surface area contributed by atoms with Gasteiger partial charge in [0.1, 0.15) is 11.8 Å². The Kier molecular flexibility index (Phi) is 2.80. The zero-order chi connectivity index (χ0) is 13.2. The molecule has 3 nitrogen and oxygen atoms in total. The Hall–Kier alpha value is -2.55. The van der Waals surface area contributed by atoms with Gasteiger partial charge in [0.05, 0.1) is 5.69 Å². The summed E-state index contributed by atoms with van der Waals surface area (Å²) >= 11 is 0. The van der Waals surface area contributed by atoms with Gasteiger partial charge in [-0.1, -0.05) is 42.5 Å². The zero-order valence-corrected chi connectivity index (χ0v) is 10.2. The highest BCUT2D eigenvalue weighted by molar-refractivity contribution is 6.03. The molecule has 0 amide bonds. The van der Waals surface area contributed by atoms with Crippen molar-refractivity contribution in [1.29, 1.82) is 0 Å². The SMILES string of the molecule is O=C1C=Cc2ccccc2C1Nc1ccccc1O. The molecule has 0 radical (unpaired) electrons. The average molecular weight is 251 g/mol. The van der Waals surface area contributed by atoms with E-state index in [9.17, 15) is 9.90 Å². The highest BCUT2D eigenvalue weighted by atomic mass is 16.3. The van der Waals surface area contributed by atoms with Crippen molar-refractivity contribution in [2.24, 2.45) is 0 Å². The number of fused-ring (bicyclic) bond motifs is 1. The first-order chi connectivity index (χ1) is 9.25. The van der Waals surface area contributed by atoms with Gasteiger partial charge in [0.15, 0.2) is 5.78 Å². The number of hydrogen-bond acceptors (Lipinski definition) is 3. The highest BCUT2D eigenvalue weighted by Crippen LogP contribution is 2.31. The standard InChI is InChI=1S/C16H13NO2/c18-14-8-4-3-7-13(14)17-16-12-6-2-1-5-11(12)9-10-15(16)19/h1-10,16-18H. The summed E-state index contributed by atoms with van der Waals surface area (Å²) in [5.41, 5.74) is 2.51. The van der Waals surface area contributed by atoms with Gasteiger partial charge in [0.25, 0.3) is 0 Å². The Labute approximate surface area is 111 Å². The first-order valence-corrected chi connectivity index (χ1v) is 6.11. The number of para-hydroxylation sites is 2. The summed E-state index contributed by atoms with van der Waals surface area (Å²) in [7, 11) is 0. The molecular formula is C16H13NO2. The van der Waals surface area contributed by atoms with Crippen LogP contribution in [0.3, 0.4) is 0 Å². The molecule has 0 spiro atoms. The van der Waals surface area contributed by atoms with Crippen molar-refractivity contribution in [3.05, 3.63) is 65.7 Å². The van der Waals surface area contributed by atoms with E-state index in [1.807, 2.05) is 36.4 Å². The van der Waals surface area contributed by atoms with Crippen LogP contribution in [-0.2, 0) is 4.79 Å². The molecule has 0 heterocycles. The molecule has 3 rings (SSSR count). The minimum atomic E-state index is -0.450. The van der Waals surface area contributed by atoms with Crippen molar-refractivity contribution in [2.75, 3.05) is 5.32 Å². The number of ketones is 1. The molecule has 2 aromatic rings. The molecular weight excluding hydrogens is 238 g/mol. The Balaban J connectivity index is 1.99. The van der Waals surface area contributed by atoms with E-state index in [2.05, 4.69) is 5.32 Å². The van der Waals surface area contributed by atoms with Gasteiger partial charge >= 0.3 is 0 Å². The second-order valence-corrected chi connectivity index (χ2v) is 4.46. The lowest BCUT2D eigenvalue weighted by atomic mass is 9.91. The number of phenols is 1. The maximum Gasteiger partial charge on any atom is 0.182 e. The number of anilines is 1. The number of phenolic OH excluding ortho intramolecular Hbond substituents is 1. The first kappa shape index (κ1) is 11.5. The maximum absolute atomic E-state index is 12.0. The molecule has 1 unspecified atom stereocenters. The predicted octanol–water partition coefficient (Wildman–Crippen LogP) is 3.14. The van der Waals surface area contributed by atoms with Gasteiger partial charge in [-0.05, 0) is 29.3 Å². The van der Waals surface area contributed by atoms with E-state index in [0.29, 0.717) is 5.69 Å². The Morgan fingerprint density at radius 2 is 1.68 bits per heavy atom. The summed E-state index contributed by atoms with van der Waals surface area (Å²) in [5.74, 6) is 0.129. The van der Waals surface area contributed by atoms with E-state index in [4.69, 9.17) is 0 Å². The smallest absolute Gasteiger partial charge is 0.182 e. The third kappa shape index (κ3) is 2.10. The molecule has 3 heteroatoms. The molecule has 0 aromatic heterocycles. The largest absolute Gasteiger partial charge is 0.506 e. The number of carbonyl (C=O) groups excluding carboxylic acids is 1. The number of rotatable bonds is 2. The van der Waals surface area contributed by atoms with E-state index in [1.54, 1.807) is 24.3 Å². The van der Waals surface area contributed by atoms with Crippen molar-refractivity contribution in [1.82, 2.24) is 0 Å². The summed E-state index contributed by atoms with van der Waals surface area (Å²) in [6.07, 6.45) is 3.39. The van der Waals surface area contributed by atoms with Gasteiger partial charge in [-0.2, -0.15) is 0 Å². The van der Waals surface area contributed by atoms with Gasteiger partial charge in [-0.15, -0.1) is 0 Å². The minimum absolute atomic E-state index is 0.0121. The maximum atomic E-state index is 12.0. The average Bonchev–Trinajstić information content (AvgIpc) is 2.44. The molecule has 0 saturated carbocycles. The topological polar surface area (TPSA) is 49.3 Å². The molecule has 1 atom stereocenters. The molecule has 1 aliphatic carbocycles. The van der Waals surface area contributed by atoms with Crippen LogP contribution < -0.4 is 5.32 Å². The molecule has 2 N–H and O–H groups in total. The van der Waals surface area contributed by atoms with Gasteiger partial charge in [-0.25, -0.2) is 0 Å². The van der Waals surface area contributed by atoms with Crippen LogP contribution in [0.5, 0.6) is 5.75 Å². The van der Waals surface area contributed by atoms with Gasteiger partial charge < -0.3 is 10.4 Å². The van der Waals surface area contributed by atoms with Gasteiger partial charge in [-0.3, -0.25) is 4.79 Å². The monoisotopic (exact) mass is 251 g/mol. The van der Waals surface area contributed by atoms with E-state index in [1.165, 1.54) is 0 Å². The minimum Gasteiger partial charge on any atom is -0.506 e. The van der Waals surface area contributed by atoms with Crippen molar-refractivity contribution < 1.29 is 9.90 Å². The third-order valence-electron chi connectivity index (χ3n) is 3.22. The van der Waals surface area contributed by atoms with E-state index >= 15 is 0 Å². The van der Waals surface area contributed by atoms with Crippen LogP contribution in [0.2, 0.25) is 0 Å². The lowest BCUT2D eigenvalue weighted by Crippen LogP contribution is -2.22. The van der Waals surface area contributed by atoms with Crippen LogP contribution in [0.4, 0.5) is 5.69 Å². The number of aromatic hydroxyl groups is 1. The fraction of sp³-hybridized carbons (Fsp3) is 0.0625. The van der Waals surface area contributed by atoms with E-state index in [-0.39, 0.29) is 11.5 Å². The fourth-order valence-electron chi connectivity index (χ4n) is 2.25. The molecule has 0 fully saturated rings. The van der Waals surface area contributed by atoms with Crippen LogP contribution in [-0.4, -0.2) is 10.9 Å². The van der Waals surface area contributed by atoms with Crippen LogP contribution in [0.25, 0.3) is 6.08 Å². The fourth-order valence-corrected chi connectivity index (χ4v) is 2.25. The van der Waals surface area contributed by atoms with E-state index in [0.717, 1.165) is 11.1 Å². The quantitative estimate of drug-likeness (QED) is 0.806. The summed E-state index contributed by atoms with van der Waals surface area (Å²) in [5, 5.41) is 12.9. The Morgan fingerprint density at radius 1 is 0.947 bits per heavy atom. The lowest BCUT2D eigenvalue weighted by Gasteiger charge is -2.23. The summed E-state index contributed by atoms with van der Waals surface area (Å²) < 4.78 is 0. The van der Waals surface area contributed by atoms with Gasteiger partial charge in [0.2, 0.25) is 0 Å². The summed E-state index contributed by atoms with van der Waals surface area (Å²) in [6.45, 7) is 0. The summed E-state index contributed by atoms with van der Waals surface area (Å²) in [4.78, 5) is 12.0. The molecule has 0 bridgehead atoms. The first-order valence-electron chi connectivity index (χ1n) is 6.11. The molecule has 0 aliphatic heterocycles. The highest BCUT2D eigenvalue weighted by Gasteiger charge is 2.24. The molecule has 2 aromatic carbocycles. The number of carbonyl (C=O) groups is 1. The summed E-state index contributed by atoms with van der Waals surface area (Å²) in [6, 6.07) is 14.2. The van der Waals surface area contributed by atoms with Crippen LogP contribution >= 0.6 is 0 Å². The van der Waals surface area contributed by atoms with Crippen molar-refractivity contribution in [3.8, 4) is 5.75 Å². The molecule has 0 saturated heterocycles. The second kappa shape index (κ2) is 4.61. The molecule has 94 valence electrons. The normalized spacial score (nSPS) is 17.1. The van der Waals surface area contributed by atoms with Crippen molar-refractivity contribution >= 4 is 17.5 Å². The van der Waals surface area contributed by atoms with Crippen LogP contribution in [0.1, 0.15) is 17.2 Å². The molecule has 1 aliphatic rings. The lowest BCUT2D eigenvalue weighted by molar-refractivity contribution is -0.115. The third-order valence-corrected chi connectivity index (χ3v) is 3.22. The van der Waals surface area contributed by atoms with Crippen molar-refractivity contribution in [2.45, 2.75) is 6.04 Å². The zero-order valence-electron chi connectivity index (χ0n) is 10.2. The Bertz CT molecular complexity index is 661.